The van der Waals surface area contributed by atoms with E-state index in [1.165, 1.54) is 0 Å². The lowest BCUT2D eigenvalue weighted by Crippen LogP contribution is -2.31. The smallest absolute Gasteiger partial charge is 0.243 e. The molecule has 1 N–H and O–H groups in total. The van der Waals surface area contributed by atoms with E-state index in [1.807, 2.05) is 18.2 Å². The van der Waals surface area contributed by atoms with Gasteiger partial charge in [0.25, 0.3) is 0 Å². The van der Waals surface area contributed by atoms with Gasteiger partial charge in [-0.1, -0.05) is 6.07 Å². The van der Waals surface area contributed by atoms with Crippen molar-refractivity contribution in [2.24, 2.45) is 0 Å². The summed E-state index contributed by atoms with van der Waals surface area (Å²) < 4.78 is 27.9. The maximum Gasteiger partial charge on any atom is 0.243 e. The minimum atomic E-state index is -3.60. The van der Waals surface area contributed by atoms with Gasteiger partial charge >= 0.3 is 0 Å². The summed E-state index contributed by atoms with van der Waals surface area (Å²) in [4.78, 5) is 16.1. The number of carbonyl (C=O) groups is 1. The number of hydrogen-bond donors (Lipinski definition) is 1. The van der Waals surface area contributed by atoms with Gasteiger partial charge in [-0.15, -0.1) is 0 Å². The Bertz CT molecular complexity index is 912. The molecule has 0 radical (unpaired) electrons. The average Bonchev–Trinajstić information content (AvgIpc) is 3.12. The van der Waals surface area contributed by atoms with Gasteiger partial charge in [0.15, 0.2) is 0 Å². The minimum absolute atomic E-state index is 0.0298. The number of benzene rings is 1. The normalized spacial score (nSPS) is 21.0. The van der Waals surface area contributed by atoms with E-state index in [0.29, 0.717) is 25.1 Å². The number of nitrogens with zero attached hydrogens (tertiary/aromatic N) is 2. The number of pyridine rings is 1. The molecule has 130 valence electrons. The number of aromatic nitrogens is 1. The number of fused-ring (bicyclic) bond motifs is 1. The van der Waals surface area contributed by atoms with E-state index in [9.17, 15) is 13.2 Å². The lowest BCUT2D eigenvalue weighted by atomic mass is 10.0. The molecule has 1 saturated heterocycles. The molecule has 2 aliphatic heterocycles. The summed E-state index contributed by atoms with van der Waals surface area (Å²) in [5, 5.41) is 2.79. The van der Waals surface area contributed by atoms with Crippen LogP contribution in [0.1, 0.15) is 36.6 Å². The Balaban J connectivity index is 1.68. The van der Waals surface area contributed by atoms with Gasteiger partial charge in [-0.2, -0.15) is 4.31 Å². The van der Waals surface area contributed by atoms with Gasteiger partial charge in [-0.25, -0.2) is 8.42 Å². The van der Waals surface area contributed by atoms with Gasteiger partial charge in [0, 0.05) is 24.8 Å². The molecular formula is C18H19N3O3S. The van der Waals surface area contributed by atoms with Crippen molar-refractivity contribution in [3.63, 3.8) is 0 Å². The molecule has 0 saturated carbocycles. The molecule has 0 bridgehead atoms. The molecule has 0 aliphatic carbocycles. The summed E-state index contributed by atoms with van der Waals surface area (Å²) in [6.45, 7) is 0.497. The highest BCUT2D eigenvalue weighted by molar-refractivity contribution is 7.89. The molecule has 1 fully saturated rings. The molecule has 2 aromatic rings. The summed E-state index contributed by atoms with van der Waals surface area (Å²) in [6, 6.07) is 10.3. The first-order valence-electron chi connectivity index (χ1n) is 8.41. The largest absolute Gasteiger partial charge is 0.326 e. The third-order valence-electron chi connectivity index (χ3n) is 4.81. The third-order valence-corrected chi connectivity index (χ3v) is 6.72. The number of rotatable bonds is 3. The monoisotopic (exact) mass is 357 g/mol. The molecule has 4 rings (SSSR count). The van der Waals surface area contributed by atoms with Crippen molar-refractivity contribution in [2.45, 2.75) is 36.6 Å². The Hall–Kier alpha value is -2.25. The molecule has 2 aliphatic rings. The summed E-state index contributed by atoms with van der Waals surface area (Å²) in [7, 11) is -3.60. The first kappa shape index (κ1) is 16.2. The van der Waals surface area contributed by atoms with Crippen LogP contribution < -0.4 is 5.32 Å². The second kappa shape index (κ2) is 6.24. The zero-order chi connectivity index (χ0) is 17.4. The van der Waals surface area contributed by atoms with Gasteiger partial charge in [0.2, 0.25) is 15.9 Å². The zero-order valence-corrected chi connectivity index (χ0v) is 14.5. The van der Waals surface area contributed by atoms with E-state index in [1.54, 1.807) is 28.7 Å². The van der Waals surface area contributed by atoms with E-state index in [0.717, 1.165) is 24.1 Å². The fourth-order valence-corrected chi connectivity index (χ4v) is 5.27. The van der Waals surface area contributed by atoms with Crippen molar-refractivity contribution >= 4 is 21.6 Å². The Kier molecular flexibility index (Phi) is 4.05. The number of aryl methyl sites for hydroxylation is 1. The standard InChI is InChI=1S/C18H19N3O3S/c22-18-9-6-13-12-14(7-8-15(13)20-18)25(23,24)21-11-3-5-17(21)16-4-1-2-10-19-16/h1-2,4,7-8,10,12,17H,3,5-6,9,11H2,(H,20,22). The summed E-state index contributed by atoms with van der Waals surface area (Å²) in [5.41, 5.74) is 2.36. The lowest BCUT2D eigenvalue weighted by molar-refractivity contribution is -0.116. The van der Waals surface area contributed by atoms with Crippen LogP contribution in [0.4, 0.5) is 5.69 Å². The Morgan fingerprint density at radius 2 is 2.04 bits per heavy atom. The Morgan fingerprint density at radius 3 is 2.84 bits per heavy atom. The Labute approximate surface area is 146 Å². The third kappa shape index (κ3) is 2.94. The van der Waals surface area contributed by atoms with E-state index in [4.69, 9.17) is 0 Å². The van der Waals surface area contributed by atoms with Crippen LogP contribution in [0.15, 0.2) is 47.5 Å². The maximum absolute atomic E-state index is 13.2. The molecule has 1 aromatic heterocycles. The van der Waals surface area contributed by atoms with Crippen LogP contribution >= 0.6 is 0 Å². The van der Waals surface area contributed by atoms with Gasteiger partial charge in [0.1, 0.15) is 0 Å². The number of sulfonamides is 1. The predicted molar refractivity (Wildman–Crippen MR) is 93.5 cm³/mol. The van der Waals surface area contributed by atoms with Crippen molar-refractivity contribution in [1.82, 2.24) is 9.29 Å². The summed E-state index contributed by atoms with van der Waals surface area (Å²) >= 11 is 0. The molecule has 3 heterocycles. The van der Waals surface area contributed by atoms with Gasteiger partial charge in [0.05, 0.1) is 16.6 Å². The molecule has 7 heteroatoms. The van der Waals surface area contributed by atoms with Crippen LogP contribution in [0.2, 0.25) is 0 Å². The first-order valence-corrected chi connectivity index (χ1v) is 9.85. The quantitative estimate of drug-likeness (QED) is 0.915. The minimum Gasteiger partial charge on any atom is -0.326 e. The molecule has 25 heavy (non-hydrogen) atoms. The molecule has 1 unspecified atom stereocenters. The molecule has 0 spiro atoms. The second-order valence-corrected chi connectivity index (χ2v) is 8.29. The van der Waals surface area contributed by atoms with Crippen molar-refractivity contribution < 1.29 is 13.2 Å². The first-order chi connectivity index (χ1) is 12.1. The topological polar surface area (TPSA) is 79.4 Å². The number of amides is 1. The average molecular weight is 357 g/mol. The second-order valence-electron chi connectivity index (χ2n) is 6.40. The highest BCUT2D eigenvalue weighted by Crippen LogP contribution is 2.36. The molecule has 1 amide bonds. The van der Waals surface area contributed by atoms with Crippen molar-refractivity contribution in [3.8, 4) is 0 Å². The number of nitrogens with one attached hydrogen (secondary N) is 1. The van der Waals surface area contributed by atoms with Crippen LogP contribution in [0.25, 0.3) is 0 Å². The van der Waals surface area contributed by atoms with Crippen LogP contribution in [-0.2, 0) is 21.2 Å². The predicted octanol–water partition coefficient (Wildman–Crippen LogP) is 2.49. The fraction of sp³-hybridized carbons (Fsp3) is 0.333. The van der Waals surface area contributed by atoms with Crippen LogP contribution in [-0.4, -0.2) is 30.2 Å². The van der Waals surface area contributed by atoms with Gasteiger partial charge < -0.3 is 5.32 Å². The highest BCUT2D eigenvalue weighted by atomic mass is 32.2. The molecule has 6 nitrogen and oxygen atoms in total. The summed E-state index contributed by atoms with van der Waals surface area (Å²) in [5.74, 6) is -0.0298. The van der Waals surface area contributed by atoms with Gasteiger partial charge in [-0.3, -0.25) is 9.78 Å². The number of carbonyl (C=O) groups excluding carboxylic acids is 1. The van der Waals surface area contributed by atoms with E-state index >= 15 is 0 Å². The lowest BCUT2D eigenvalue weighted by Gasteiger charge is -2.25. The van der Waals surface area contributed by atoms with Crippen molar-refractivity contribution in [3.05, 3.63) is 53.9 Å². The van der Waals surface area contributed by atoms with E-state index in [-0.39, 0.29) is 16.8 Å². The highest BCUT2D eigenvalue weighted by Gasteiger charge is 2.37. The van der Waals surface area contributed by atoms with Gasteiger partial charge in [-0.05, 0) is 55.2 Å². The summed E-state index contributed by atoms with van der Waals surface area (Å²) in [6.07, 6.45) is 4.24. The Morgan fingerprint density at radius 1 is 1.16 bits per heavy atom. The molecular weight excluding hydrogens is 338 g/mol. The SMILES string of the molecule is O=C1CCc2cc(S(=O)(=O)N3CCCC3c3ccccn3)ccc2N1. The van der Waals surface area contributed by atoms with Crippen LogP contribution in [0.3, 0.4) is 0 Å². The van der Waals surface area contributed by atoms with Crippen molar-refractivity contribution in [2.75, 3.05) is 11.9 Å². The van der Waals surface area contributed by atoms with E-state index < -0.39 is 10.0 Å². The fourth-order valence-electron chi connectivity index (χ4n) is 3.55. The molecule has 1 atom stereocenters. The zero-order valence-electron chi connectivity index (χ0n) is 13.7. The van der Waals surface area contributed by atoms with Crippen molar-refractivity contribution in [1.29, 1.82) is 0 Å². The van der Waals surface area contributed by atoms with Crippen LogP contribution in [0.5, 0.6) is 0 Å². The van der Waals surface area contributed by atoms with E-state index in [2.05, 4.69) is 10.3 Å². The maximum atomic E-state index is 13.2. The number of anilines is 1. The van der Waals surface area contributed by atoms with Crippen LogP contribution in [0, 0.1) is 0 Å². The molecule has 1 aromatic carbocycles. The number of hydrogen-bond acceptors (Lipinski definition) is 4.